The van der Waals surface area contributed by atoms with Gasteiger partial charge in [-0.25, -0.2) is 0 Å². The number of halogens is 2. The van der Waals surface area contributed by atoms with Crippen LogP contribution in [0.3, 0.4) is 0 Å². The number of benzene rings is 1. The minimum atomic E-state index is -0.343. The second-order valence-electron chi connectivity index (χ2n) is 5.66. The molecule has 6 nitrogen and oxygen atoms in total. The van der Waals surface area contributed by atoms with Crippen LogP contribution < -0.4 is 11.1 Å². The van der Waals surface area contributed by atoms with Crippen LogP contribution in [-0.2, 0) is 17.8 Å². The van der Waals surface area contributed by atoms with Crippen LogP contribution in [0.25, 0.3) is 0 Å². The van der Waals surface area contributed by atoms with Crippen molar-refractivity contribution < 1.29 is 4.79 Å². The summed E-state index contributed by atoms with van der Waals surface area (Å²) in [4.78, 5) is 12.5. The topological polar surface area (TPSA) is 85.8 Å². The Morgan fingerprint density at radius 2 is 2.00 bits per heavy atom. The van der Waals surface area contributed by atoms with Crippen molar-refractivity contribution in [3.63, 3.8) is 0 Å². The molecule has 2 atom stereocenters. The van der Waals surface area contributed by atoms with E-state index in [0.717, 1.165) is 36.6 Å². The number of nitrogens with one attached hydrogen (secondary N) is 1. The van der Waals surface area contributed by atoms with Crippen LogP contribution in [0.1, 0.15) is 42.5 Å². The molecule has 0 bridgehead atoms. The van der Waals surface area contributed by atoms with E-state index in [1.807, 2.05) is 37.3 Å². The number of nitrogens with two attached hydrogens (primary N) is 1. The maximum atomic E-state index is 12.5. The molecule has 8 heteroatoms. The minimum absolute atomic E-state index is 0. The van der Waals surface area contributed by atoms with Crippen LogP contribution in [0.15, 0.2) is 30.3 Å². The molecular formula is C16H23Cl2N5O. The van der Waals surface area contributed by atoms with Gasteiger partial charge in [-0.15, -0.1) is 35.0 Å². The smallest absolute Gasteiger partial charge is 0.229 e. The van der Waals surface area contributed by atoms with Gasteiger partial charge in [0.1, 0.15) is 5.82 Å². The highest BCUT2D eigenvalue weighted by Crippen LogP contribution is 2.20. The van der Waals surface area contributed by atoms with E-state index in [2.05, 4.69) is 20.1 Å². The van der Waals surface area contributed by atoms with Gasteiger partial charge < -0.3 is 15.6 Å². The fourth-order valence-corrected chi connectivity index (χ4v) is 2.95. The van der Waals surface area contributed by atoms with Gasteiger partial charge in [-0.2, -0.15) is 0 Å². The lowest BCUT2D eigenvalue weighted by atomic mass is 9.98. The molecule has 3 rings (SSSR count). The van der Waals surface area contributed by atoms with Crippen molar-refractivity contribution >= 4 is 30.7 Å². The summed E-state index contributed by atoms with van der Waals surface area (Å²) >= 11 is 0. The SMILES string of the molecule is CC(NC(=O)C(CN)c1ccccc1)c1nnc2n1CCC2.Cl.Cl. The first-order chi connectivity index (χ1) is 10.7. The van der Waals surface area contributed by atoms with Crippen LogP contribution in [0.4, 0.5) is 0 Å². The highest BCUT2D eigenvalue weighted by molar-refractivity contribution is 5.85. The zero-order chi connectivity index (χ0) is 15.5. The Morgan fingerprint density at radius 1 is 1.29 bits per heavy atom. The molecule has 24 heavy (non-hydrogen) atoms. The van der Waals surface area contributed by atoms with Gasteiger partial charge in [0.15, 0.2) is 5.82 Å². The summed E-state index contributed by atoms with van der Waals surface area (Å²) in [6, 6.07) is 9.44. The second-order valence-corrected chi connectivity index (χ2v) is 5.66. The number of hydrogen-bond donors (Lipinski definition) is 2. The first kappa shape index (κ1) is 20.4. The number of carbonyl (C=O) groups is 1. The fourth-order valence-electron chi connectivity index (χ4n) is 2.95. The summed E-state index contributed by atoms with van der Waals surface area (Å²) in [6.07, 6.45) is 2.05. The van der Waals surface area contributed by atoms with Gasteiger partial charge >= 0.3 is 0 Å². The minimum Gasteiger partial charge on any atom is -0.346 e. The molecule has 1 aliphatic rings. The van der Waals surface area contributed by atoms with E-state index in [1.54, 1.807) is 0 Å². The van der Waals surface area contributed by atoms with Gasteiger partial charge in [-0.05, 0) is 18.9 Å². The van der Waals surface area contributed by atoms with Gasteiger partial charge in [0.2, 0.25) is 5.91 Å². The summed E-state index contributed by atoms with van der Waals surface area (Å²) in [5.74, 6) is 1.42. The zero-order valence-electron chi connectivity index (χ0n) is 13.5. The van der Waals surface area contributed by atoms with Crippen molar-refractivity contribution in [1.29, 1.82) is 0 Å². The Labute approximate surface area is 154 Å². The van der Waals surface area contributed by atoms with Crippen LogP contribution in [0, 0.1) is 0 Å². The molecule has 2 heterocycles. The van der Waals surface area contributed by atoms with E-state index in [9.17, 15) is 4.79 Å². The molecule has 0 fully saturated rings. The summed E-state index contributed by atoms with van der Waals surface area (Å²) in [7, 11) is 0. The fraction of sp³-hybridized carbons (Fsp3) is 0.438. The third-order valence-electron chi connectivity index (χ3n) is 4.14. The van der Waals surface area contributed by atoms with E-state index in [4.69, 9.17) is 5.73 Å². The number of nitrogens with zero attached hydrogens (tertiary/aromatic N) is 3. The predicted molar refractivity (Wildman–Crippen MR) is 97.6 cm³/mol. The van der Waals surface area contributed by atoms with Crippen molar-refractivity contribution in [3.05, 3.63) is 47.5 Å². The molecule has 3 N–H and O–H groups in total. The number of aromatic nitrogens is 3. The maximum Gasteiger partial charge on any atom is 0.229 e. The van der Waals surface area contributed by atoms with Crippen molar-refractivity contribution in [3.8, 4) is 0 Å². The molecular weight excluding hydrogens is 349 g/mol. The molecule has 0 saturated heterocycles. The van der Waals surface area contributed by atoms with Crippen molar-refractivity contribution in [2.24, 2.45) is 5.73 Å². The molecule has 1 amide bonds. The monoisotopic (exact) mass is 371 g/mol. The van der Waals surface area contributed by atoms with Gasteiger partial charge in [0, 0.05) is 19.5 Å². The number of aryl methyl sites for hydroxylation is 1. The van der Waals surface area contributed by atoms with E-state index < -0.39 is 0 Å². The van der Waals surface area contributed by atoms with Crippen LogP contribution >= 0.6 is 24.8 Å². The third kappa shape index (κ3) is 4.06. The second kappa shape index (κ2) is 9.01. The van der Waals surface area contributed by atoms with Crippen molar-refractivity contribution in [2.75, 3.05) is 6.54 Å². The Hall–Kier alpha value is -1.63. The number of hydrogen-bond acceptors (Lipinski definition) is 4. The molecule has 1 aromatic heterocycles. The highest BCUT2D eigenvalue weighted by Gasteiger charge is 2.25. The van der Waals surface area contributed by atoms with Gasteiger partial charge in [-0.1, -0.05) is 30.3 Å². The average Bonchev–Trinajstić information content (AvgIpc) is 3.11. The standard InChI is InChI=1S/C16H21N5O.2ClH/c1-11(15-20-19-14-8-5-9-21(14)15)18-16(22)13(10-17)12-6-3-2-4-7-12;;/h2-4,6-7,11,13H,5,8-10,17H2,1H3,(H,18,22);2*1H. The lowest BCUT2D eigenvalue weighted by molar-refractivity contribution is -0.123. The maximum absolute atomic E-state index is 12.5. The molecule has 0 spiro atoms. The van der Waals surface area contributed by atoms with Crippen LogP contribution in [0.5, 0.6) is 0 Å². The zero-order valence-corrected chi connectivity index (χ0v) is 15.1. The molecule has 2 unspecified atom stereocenters. The molecule has 132 valence electrons. The number of rotatable bonds is 5. The van der Waals surface area contributed by atoms with Crippen LogP contribution in [0.2, 0.25) is 0 Å². The Bertz CT molecular complexity index is 662. The number of fused-ring (bicyclic) bond motifs is 1. The van der Waals surface area contributed by atoms with Crippen molar-refractivity contribution in [2.45, 2.75) is 38.3 Å². The Balaban J connectivity index is 0.00000144. The molecule has 0 saturated carbocycles. The van der Waals surface area contributed by atoms with Gasteiger partial charge in [-0.3, -0.25) is 4.79 Å². The lowest BCUT2D eigenvalue weighted by Crippen LogP contribution is -2.36. The average molecular weight is 372 g/mol. The van der Waals surface area contributed by atoms with Crippen molar-refractivity contribution in [1.82, 2.24) is 20.1 Å². The normalized spacial score (nSPS) is 14.8. The van der Waals surface area contributed by atoms with Gasteiger partial charge in [0.05, 0.1) is 12.0 Å². The largest absolute Gasteiger partial charge is 0.346 e. The lowest BCUT2D eigenvalue weighted by Gasteiger charge is -2.19. The first-order valence-electron chi connectivity index (χ1n) is 7.68. The Kier molecular flexibility index (Phi) is 7.66. The number of carbonyl (C=O) groups excluding carboxylic acids is 1. The predicted octanol–water partition coefficient (Wildman–Crippen LogP) is 1.99. The quantitative estimate of drug-likeness (QED) is 0.841. The first-order valence-corrected chi connectivity index (χ1v) is 7.68. The number of amides is 1. The molecule has 1 aliphatic heterocycles. The summed E-state index contributed by atoms with van der Waals surface area (Å²) in [5, 5.41) is 11.4. The summed E-state index contributed by atoms with van der Waals surface area (Å²) < 4.78 is 2.10. The van der Waals surface area contributed by atoms with E-state index in [-0.39, 0.29) is 49.2 Å². The van der Waals surface area contributed by atoms with Gasteiger partial charge in [0.25, 0.3) is 0 Å². The molecule has 2 aromatic rings. The van der Waals surface area contributed by atoms with E-state index in [1.165, 1.54) is 0 Å². The summed E-state index contributed by atoms with van der Waals surface area (Å²) in [6.45, 7) is 3.14. The van der Waals surface area contributed by atoms with E-state index >= 15 is 0 Å². The molecule has 1 aromatic carbocycles. The van der Waals surface area contributed by atoms with Crippen LogP contribution in [-0.4, -0.2) is 27.2 Å². The van der Waals surface area contributed by atoms with E-state index in [0.29, 0.717) is 0 Å². The summed E-state index contributed by atoms with van der Waals surface area (Å²) in [5.41, 5.74) is 6.73. The molecule has 0 radical (unpaired) electrons. The third-order valence-corrected chi connectivity index (χ3v) is 4.14. The molecule has 0 aliphatic carbocycles. The Morgan fingerprint density at radius 3 is 2.67 bits per heavy atom. The highest BCUT2D eigenvalue weighted by atomic mass is 35.5.